The summed E-state index contributed by atoms with van der Waals surface area (Å²) in [6, 6.07) is 0.540. The average Bonchev–Trinajstić information content (AvgIpc) is 2.16. The second-order valence-corrected chi connectivity index (χ2v) is 6.18. The van der Waals surface area contributed by atoms with Gasteiger partial charge in [-0.05, 0) is 47.1 Å². The maximum atomic E-state index is 5.93. The highest BCUT2D eigenvalue weighted by atomic mass is 16.5. The average molecular weight is 245 g/mol. The Morgan fingerprint density at radius 1 is 1.00 bits per heavy atom. The molecule has 0 spiro atoms. The van der Waals surface area contributed by atoms with Crippen LogP contribution < -0.4 is 5.32 Å². The van der Waals surface area contributed by atoms with Crippen molar-refractivity contribution in [2.45, 2.75) is 71.6 Å². The summed E-state index contributed by atoms with van der Waals surface area (Å²) in [6.07, 6.45) is 1.95. The van der Waals surface area contributed by atoms with E-state index < -0.39 is 0 Å². The van der Waals surface area contributed by atoms with E-state index in [0.29, 0.717) is 6.04 Å². The van der Waals surface area contributed by atoms with Crippen molar-refractivity contribution in [3.05, 3.63) is 0 Å². The van der Waals surface area contributed by atoms with E-state index >= 15 is 0 Å². The summed E-state index contributed by atoms with van der Waals surface area (Å²) >= 11 is 0. The van der Waals surface area contributed by atoms with Crippen LogP contribution in [0, 0.1) is 0 Å². The third-order valence-corrected chi connectivity index (χ3v) is 3.03. The van der Waals surface area contributed by atoms with Crippen molar-refractivity contribution in [2.75, 3.05) is 20.3 Å². The lowest BCUT2D eigenvalue weighted by atomic mass is 10.0. The molecule has 0 radical (unpaired) electrons. The molecule has 0 saturated carbocycles. The van der Waals surface area contributed by atoms with Crippen molar-refractivity contribution in [3.8, 4) is 0 Å². The molecule has 1 N–H and O–H groups in total. The molecule has 0 heterocycles. The molecule has 0 aliphatic carbocycles. The number of ether oxygens (including phenoxy) is 2. The van der Waals surface area contributed by atoms with Gasteiger partial charge in [0.1, 0.15) is 0 Å². The zero-order chi connectivity index (χ0) is 13.5. The Hall–Kier alpha value is -0.120. The standard InChI is InChI=1S/C14H31NO2/c1-12(2)15-10-8-14(5,6)17-11-9-13(3,4)16-7/h12,15H,8-11H2,1-7H3. The van der Waals surface area contributed by atoms with Crippen LogP contribution in [0.3, 0.4) is 0 Å². The molecule has 3 heteroatoms. The SMILES string of the molecule is COC(C)(C)CCOC(C)(C)CCNC(C)C. The van der Waals surface area contributed by atoms with Crippen LogP contribution in [0.5, 0.6) is 0 Å². The highest BCUT2D eigenvalue weighted by molar-refractivity contribution is 4.73. The minimum absolute atomic E-state index is 0.0638. The number of hydrogen-bond donors (Lipinski definition) is 1. The van der Waals surface area contributed by atoms with Crippen LogP contribution in [0.15, 0.2) is 0 Å². The van der Waals surface area contributed by atoms with Crippen molar-refractivity contribution in [1.82, 2.24) is 5.32 Å². The maximum absolute atomic E-state index is 5.93. The van der Waals surface area contributed by atoms with E-state index in [1.54, 1.807) is 7.11 Å². The Morgan fingerprint density at radius 3 is 2.06 bits per heavy atom. The van der Waals surface area contributed by atoms with E-state index in [4.69, 9.17) is 9.47 Å². The van der Waals surface area contributed by atoms with Gasteiger partial charge in [0.25, 0.3) is 0 Å². The van der Waals surface area contributed by atoms with Crippen LogP contribution in [0.1, 0.15) is 54.4 Å². The molecule has 0 aromatic heterocycles. The second-order valence-electron chi connectivity index (χ2n) is 6.18. The van der Waals surface area contributed by atoms with Crippen molar-refractivity contribution >= 4 is 0 Å². The van der Waals surface area contributed by atoms with Gasteiger partial charge in [0.2, 0.25) is 0 Å². The van der Waals surface area contributed by atoms with Gasteiger partial charge in [-0.1, -0.05) is 13.8 Å². The monoisotopic (exact) mass is 245 g/mol. The highest BCUT2D eigenvalue weighted by Gasteiger charge is 2.21. The first kappa shape index (κ1) is 16.9. The third-order valence-electron chi connectivity index (χ3n) is 3.03. The van der Waals surface area contributed by atoms with E-state index in [9.17, 15) is 0 Å². The number of nitrogens with one attached hydrogen (secondary N) is 1. The van der Waals surface area contributed by atoms with Crippen LogP contribution in [-0.2, 0) is 9.47 Å². The molecule has 0 aromatic rings. The fraction of sp³-hybridized carbons (Fsp3) is 1.00. The van der Waals surface area contributed by atoms with Gasteiger partial charge in [0.15, 0.2) is 0 Å². The molecule has 0 aromatic carbocycles. The van der Waals surface area contributed by atoms with Gasteiger partial charge in [0.05, 0.1) is 17.8 Å². The summed E-state index contributed by atoms with van der Waals surface area (Å²) in [7, 11) is 1.75. The molecule has 0 atom stereocenters. The summed E-state index contributed by atoms with van der Waals surface area (Å²) in [5.74, 6) is 0. The molecule has 0 fully saturated rings. The quantitative estimate of drug-likeness (QED) is 0.677. The number of methoxy groups -OCH3 is 1. The molecule has 0 aliphatic heterocycles. The zero-order valence-corrected chi connectivity index (χ0v) is 12.7. The first-order valence-corrected chi connectivity index (χ1v) is 6.61. The Morgan fingerprint density at radius 2 is 1.59 bits per heavy atom. The van der Waals surface area contributed by atoms with Crippen LogP contribution >= 0.6 is 0 Å². The molecule has 0 amide bonds. The highest BCUT2D eigenvalue weighted by Crippen LogP contribution is 2.18. The summed E-state index contributed by atoms with van der Waals surface area (Å²) in [5, 5.41) is 3.41. The topological polar surface area (TPSA) is 30.5 Å². The first-order chi connectivity index (χ1) is 7.68. The molecule has 0 bridgehead atoms. The fourth-order valence-electron chi connectivity index (χ4n) is 1.41. The molecule has 0 rings (SSSR count). The first-order valence-electron chi connectivity index (χ1n) is 6.61. The minimum atomic E-state index is -0.0910. The van der Waals surface area contributed by atoms with Crippen LogP contribution in [0.25, 0.3) is 0 Å². The van der Waals surface area contributed by atoms with Crippen molar-refractivity contribution in [1.29, 1.82) is 0 Å². The lowest BCUT2D eigenvalue weighted by Crippen LogP contribution is -2.34. The number of rotatable bonds is 9. The Bertz CT molecular complexity index is 200. The Balaban J connectivity index is 3.78. The fourth-order valence-corrected chi connectivity index (χ4v) is 1.41. The third kappa shape index (κ3) is 9.57. The van der Waals surface area contributed by atoms with Crippen molar-refractivity contribution < 1.29 is 9.47 Å². The lowest BCUT2D eigenvalue weighted by molar-refractivity contribution is -0.0608. The van der Waals surface area contributed by atoms with Crippen molar-refractivity contribution in [3.63, 3.8) is 0 Å². The predicted molar refractivity (Wildman–Crippen MR) is 73.5 cm³/mol. The van der Waals surface area contributed by atoms with Gasteiger partial charge in [-0.2, -0.15) is 0 Å². The molecule has 17 heavy (non-hydrogen) atoms. The summed E-state index contributed by atoms with van der Waals surface area (Å²) in [6.45, 7) is 14.5. The normalized spacial score (nSPS) is 13.4. The van der Waals surface area contributed by atoms with Gasteiger partial charge >= 0.3 is 0 Å². The molecule has 0 aliphatic rings. The van der Waals surface area contributed by atoms with Gasteiger partial charge < -0.3 is 14.8 Å². The van der Waals surface area contributed by atoms with E-state index in [-0.39, 0.29) is 11.2 Å². The Kier molecular flexibility index (Phi) is 7.29. The molecule has 0 unspecified atom stereocenters. The zero-order valence-electron chi connectivity index (χ0n) is 12.7. The van der Waals surface area contributed by atoms with Crippen molar-refractivity contribution in [2.24, 2.45) is 0 Å². The Labute approximate surface area is 107 Å². The van der Waals surface area contributed by atoms with Gasteiger partial charge in [-0.25, -0.2) is 0 Å². The van der Waals surface area contributed by atoms with Gasteiger partial charge in [0, 0.05) is 13.2 Å². The summed E-state index contributed by atoms with van der Waals surface area (Å²) in [4.78, 5) is 0. The lowest BCUT2D eigenvalue weighted by Gasteiger charge is -2.29. The smallest absolute Gasteiger partial charge is 0.0644 e. The number of hydrogen-bond acceptors (Lipinski definition) is 3. The van der Waals surface area contributed by atoms with Gasteiger partial charge in [-0.3, -0.25) is 0 Å². The van der Waals surface area contributed by atoms with E-state index in [1.165, 1.54) is 0 Å². The molecular formula is C14H31NO2. The van der Waals surface area contributed by atoms with Crippen LogP contribution in [0.4, 0.5) is 0 Å². The summed E-state index contributed by atoms with van der Waals surface area (Å²) in [5.41, 5.74) is -0.155. The van der Waals surface area contributed by atoms with Crippen LogP contribution in [-0.4, -0.2) is 37.5 Å². The van der Waals surface area contributed by atoms with E-state index in [1.807, 2.05) is 0 Å². The maximum Gasteiger partial charge on any atom is 0.0644 e. The van der Waals surface area contributed by atoms with E-state index in [0.717, 1.165) is 26.0 Å². The predicted octanol–water partition coefficient (Wildman–Crippen LogP) is 2.98. The largest absolute Gasteiger partial charge is 0.379 e. The molecule has 0 saturated heterocycles. The summed E-state index contributed by atoms with van der Waals surface area (Å²) < 4.78 is 11.3. The van der Waals surface area contributed by atoms with Crippen LogP contribution in [0.2, 0.25) is 0 Å². The van der Waals surface area contributed by atoms with E-state index in [2.05, 4.69) is 46.9 Å². The minimum Gasteiger partial charge on any atom is -0.379 e. The van der Waals surface area contributed by atoms with Gasteiger partial charge in [-0.15, -0.1) is 0 Å². The molecule has 104 valence electrons. The molecule has 3 nitrogen and oxygen atoms in total. The molecular weight excluding hydrogens is 214 g/mol. The second kappa shape index (κ2) is 7.34.